The van der Waals surface area contributed by atoms with Gasteiger partial charge < -0.3 is 15.6 Å². The molecule has 0 bridgehead atoms. The lowest BCUT2D eigenvalue weighted by Gasteiger charge is -2.34. The fourth-order valence-corrected chi connectivity index (χ4v) is 4.12. The van der Waals surface area contributed by atoms with E-state index in [-0.39, 0.29) is 17.6 Å². The average Bonchev–Trinajstić information content (AvgIpc) is 3.18. The molecular weight excluding hydrogens is 344 g/mol. The zero-order valence-electron chi connectivity index (χ0n) is 15.5. The van der Waals surface area contributed by atoms with E-state index in [4.69, 9.17) is 5.73 Å². The monoisotopic (exact) mass is 368 g/mol. The van der Waals surface area contributed by atoms with E-state index < -0.39 is 6.04 Å². The number of benzene rings is 1. The van der Waals surface area contributed by atoms with E-state index in [1.165, 1.54) is 0 Å². The molecule has 0 radical (unpaired) electrons. The molecular formula is C19H24N6O2. The van der Waals surface area contributed by atoms with Gasteiger partial charge in [0.15, 0.2) is 0 Å². The SMILES string of the molecule is Cc1n[nH]c(C)c1[C@@H](N)C(=O)N1CCC(n2c(=O)[nH]c3ccccc32)CC1. The molecule has 8 nitrogen and oxygen atoms in total. The summed E-state index contributed by atoms with van der Waals surface area (Å²) >= 11 is 0. The van der Waals surface area contributed by atoms with Gasteiger partial charge in [0.2, 0.25) is 5.91 Å². The highest BCUT2D eigenvalue weighted by Gasteiger charge is 2.30. The number of nitrogens with one attached hydrogen (secondary N) is 2. The summed E-state index contributed by atoms with van der Waals surface area (Å²) in [5.41, 5.74) is 10.2. The molecule has 4 N–H and O–H groups in total. The molecule has 3 aromatic rings. The molecule has 1 amide bonds. The Balaban J connectivity index is 1.49. The van der Waals surface area contributed by atoms with Gasteiger partial charge in [0.05, 0.1) is 16.7 Å². The van der Waals surface area contributed by atoms with Crippen LogP contribution in [0.15, 0.2) is 29.1 Å². The maximum absolute atomic E-state index is 12.9. The van der Waals surface area contributed by atoms with E-state index in [0.29, 0.717) is 13.1 Å². The van der Waals surface area contributed by atoms with Gasteiger partial charge in [-0.15, -0.1) is 0 Å². The molecule has 27 heavy (non-hydrogen) atoms. The van der Waals surface area contributed by atoms with Gasteiger partial charge >= 0.3 is 5.69 Å². The molecule has 1 atom stereocenters. The second-order valence-electron chi connectivity index (χ2n) is 7.20. The molecule has 1 aromatic carbocycles. The summed E-state index contributed by atoms with van der Waals surface area (Å²) < 4.78 is 1.82. The van der Waals surface area contributed by atoms with Crippen molar-refractivity contribution in [3.8, 4) is 0 Å². The second-order valence-corrected chi connectivity index (χ2v) is 7.20. The van der Waals surface area contributed by atoms with E-state index in [0.717, 1.165) is 40.8 Å². The summed E-state index contributed by atoms with van der Waals surface area (Å²) in [5.74, 6) is -0.0904. The summed E-state index contributed by atoms with van der Waals surface area (Å²) in [6.07, 6.45) is 1.45. The maximum Gasteiger partial charge on any atom is 0.326 e. The molecule has 8 heteroatoms. The van der Waals surface area contributed by atoms with Crippen molar-refractivity contribution in [1.29, 1.82) is 0 Å². The number of nitrogens with zero attached hydrogens (tertiary/aromatic N) is 3. The highest BCUT2D eigenvalue weighted by molar-refractivity contribution is 5.83. The van der Waals surface area contributed by atoms with Crippen molar-refractivity contribution in [2.75, 3.05) is 13.1 Å². The Morgan fingerprint density at radius 2 is 1.96 bits per heavy atom. The van der Waals surface area contributed by atoms with E-state index in [1.54, 1.807) is 4.90 Å². The van der Waals surface area contributed by atoms with Crippen molar-refractivity contribution in [1.82, 2.24) is 24.6 Å². The third-order valence-corrected chi connectivity index (χ3v) is 5.53. The number of H-pyrrole nitrogens is 2. The number of carbonyl (C=O) groups excluding carboxylic acids is 1. The van der Waals surface area contributed by atoms with Crippen molar-refractivity contribution < 1.29 is 4.79 Å². The van der Waals surface area contributed by atoms with Crippen molar-refractivity contribution in [3.63, 3.8) is 0 Å². The van der Waals surface area contributed by atoms with E-state index in [1.807, 2.05) is 42.7 Å². The van der Waals surface area contributed by atoms with Crippen LogP contribution in [0.1, 0.15) is 41.9 Å². The van der Waals surface area contributed by atoms with E-state index in [9.17, 15) is 9.59 Å². The smallest absolute Gasteiger partial charge is 0.326 e. The normalized spacial score (nSPS) is 16.8. The second kappa shape index (κ2) is 6.70. The van der Waals surface area contributed by atoms with Crippen LogP contribution in [-0.2, 0) is 4.79 Å². The molecule has 4 rings (SSSR count). The summed E-state index contributed by atoms with van der Waals surface area (Å²) in [6, 6.07) is 7.05. The number of fused-ring (bicyclic) bond motifs is 1. The molecule has 1 saturated heterocycles. The van der Waals surface area contributed by atoms with Gasteiger partial charge in [-0.25, -0.2) is 4.79 Å². The Labute approximate surface area is 156 Å². The number of aryl methyl sites for hydroxylation is 2. The zero-order chi connectivity index (χ0) is 19.1. The Kier molecular flexibility index (Phi) is 4.35. The van der Waals surface area contributed by atoms with Crippen LogP contribution in [0.3, 0.4) is 0 Å². The van der Waals surface area contributed by atoms with Gasteiger partial charge in [-0.3, -0.25) is 14.5 Å². The number of imidazole rings is 1. The number of aromatic nitrogens is 4. The number of aromatic amines is 2. The van der Waals surface area contributed by atoms with Crippen LogP contribution in [0, 0.1) is 13.8 Å². The van der Waals surface area contributed by atoms with Crippen molar-refractivity contribution in [3.05, 3.63) is 51.7 Å². The third kappa shape index (κ3) is 2.95. The number of likely N-dealkylation sites (tertiary alicyclic amines) is 1. The van der Waals surface area contributed by atoms with E-state index in [2.05, 4.69) is 15.2 Å². The van der Waals surface area contributed by atoms with Crippen molar-refractivity contribution >= 4 is 16.9 Å². The lowest BCUT2D eigenvalue weighted by atomic mass is 10.0. The Morgan fingerprint density at radius 3 is 2.63 bits per heavy atom. The van der Waals surface area contributed by atoms with Gasteiger partial charge in [-0.05, 0) is 38.8 Å². The highest BCUT2D eigenvalue weighted by Crippen LogP contribution is 2.27. The molecule has 1 fully saturated rings. The summed E-state index contributed by atoms with van der Waals surface area (Å²) in [7, 11) is 0. The maximum atomic E-state index is 12.9. The number of nitrogens with two attached hydrogens (primary N) is 1. The number of amides is 1. The minimum absolute atomic E-state index is 0.0753. The molecule has 2 aromatic heterocycles. The lowest BCUT2D eigenvalue weighted by molar-refractivity contribution is -0.134. The van der Waals surface area contributed by atoms with Crippen LogP contribution in [-0.4, -0.2) is 43.6 Å². The minimum Gasteiger partial charge on any atom is -0.341 e. The molecule has 0 saturated carbocycles. The molecule has 1 aliphatic heterocycles. The first-order valence-electron chi connectivity index (χ1n) is 9.22. The van der Waals surface area contributed by atoms with Crippen LogP contribution < -0.4 is 11.4 Å². The van der Waals surface area contributed by atoms with Gasteiger partial charge in [-0.1, -0.05) is 12.1 Å². The van der Waals surface area contributed by atoms with Gasteiger partial charge in [0.25, 0.3) is 0 Å². The molecule has 0 unspecified atom stereocenters. The first kappa shape index (κ1) is 17.5. The number of carbonyl (C=O) groups is 1. The molecule has 1 aliphatic rings. The predicted molar refractivity (Wildman–Crippen MR) is 102 cm³/mol. The number of piperidine rings is 1. The van der Waals surface area contributed by atoms with Crippen LogP contribution in [0.25, 0.3) is 11.0 Å². The van der Waals surface area contributed by atoms with Crippen LogP contribution in [0.2, 0.25) is 0 Å². The first-order chi connectivity index (χ1) is 13.0. The van der Waals surface area contributed by atoms with Crippen molar-refractivity contribution in [2.45, 2.75) is 38.8 Å². The summed E-state index contributed by atoms with van der Waals surface area (Å²) in [4.78, 5) is 29.9. The van der Waals surface area contributed by atoms with Gasteiger partial charge in [-0.2, -0.15) is 5.10 Å². The summed E-state index contributed by atoms with van der Waals surface area (Å²) in [6.45, 7) is 4.89. The highest BCUT2D eigenvalue weighted by atomic mass is 16.2. The third-order valence-electron chi connectivity index (χ3n) is 5.53. The standard InChI is InChI=1S/C19H24N6O2/c1-11-16(12(2)23-22-11)17(20)18(26)24-9-7-13(8-10-24)25-15-6-4-3-5-14(15)21-19(25)27/h3-6,13,17H,7-10,20H2,1-2H3,(H,21,27)(H,22,23)/t17-/m1/s1. The Bertz CT molecular complexity index is 1020. The number of hydrogen-bond acceptors (Lipinski definition) is 4. The molecule has 0 spiro atoms. The van der Waals surface area contributed by atoms with E-state index >= 15 is 0 Å². The average molecular weight is 368 g/mol. The van der Waals surface area contributed by atoms with Crippen LogP contribution in [0.4, 0.5) is 0 Å². The zero-order valence-corrected chi connectivity index (χ0v) is 15.5. The van der Waals surface area contributed by atoms with Crippen LogP contribution in [0.5, 0.6) is 0 Å². The quantitative estimate of drug-likeness (QED) is 0.651. The van der Waals surface area contributed by atoms with Gasteiger partial charge in [0, 0.05) is 30.4 Å². The summed E-state index contributed by atoms with van der Waals surface area (Å²) in [5, 5.41) is 7.01. The number of hydrogen-bond donors (Lipinski definition) is 3. The molecule has 3 heterocycles. The Morgan fingerprint density at radius 1 is 1.26 bits per heavy atom. The number of para-hydroxylation sites is 2. The fraction of sp³-hybridized carbons (Fsp3) is 0.421. The van der Waals surface area contributed by atoms with Crippen molar-refractivity contribution in [2.24, 2.45) is 5.73 Å². The largest absolute Gasteiger partial charge is 0.341 e. The van der Waals surface area contributed by atoms with Gasteiger partial charge in [0.1, 0.15) is 6.04 Å². The molecule has 0 aliphatic carbocycles. The number of rotatable bonds is 3. The van der Waals surface area contributed by atoms with Crippen LogP contribution >= 0.6 is 0 Å². The Hall–Kier alpha value is -2.87. The first-order valence-corrected chi connectivity index (χ1v) is 9.22. The fourth-order valence-electron chi connectivity index (χ4n) is 4.12. The lowest BCUT2D eigenvalue weighted by Crippen LogP contribution is -2.44. The predicted octanol–water partition coefficient (Wildman–Crippen LogP) is 1.53. The minimum atomic E-state index is -0.712. The topological polar surface area (TPSA) is 113 Å². The molecule has 142 valence electrons.